The number of methoxy groups -OCH3 is 2. The Kier molecular flexibility index (Phi) is 3.24. The zero-order valence-corrected chi connectivity index (χ0v) is 14.9. The molecule has 7 heteroatoms. The van der Waals surface area contributed by atoms with E-state index in [1.807, 2.05) is 6.07 Å². The maximum absolute atomic E-state index is 13.4. The number of rotatable bonds is 2. The number of nitrogens with one attached hydrogen (secondary N) is 1. The van der Waals surface area contributed by atoms with E-state index in [-0.39, 0.29) is 32.8 Å². The van der Waals surface area contributed by atoms with Crippen molar-refractivity contribution in [2.45, 2.75) is 0 Å². The molecule has 2 heterocycles. The first kappa shape index (κ1) is 16.3. The van der Waals surface area contributed by atoms with E-state index < -0.39 is 11.9 Å². The molecule has 3 aromatic carbocycles. The van der Waals surface area contributed by atoms with Crippen LogP contribution in [0.15, 0.2) is 41.2 Å². The fraction of sp³-hybridized carbons (Fsp3) is 0.0952. The van der Waals surface area contributed by atoms with Crippen LogP contribution in [-0.2, 0) is 4.74 Å². The Bertz CT molecular complexity index is 1420. The van der Waals surface area contributed by atoms with Crippen molar-refractivity contribution >= 4 is 44.5 Å². The lowest BCUT2D eigenvalue weighted by atomic mass is 10.0. The molecule has 7 nitrogen and oxygen atoms in total. The molecule has 0 spiro atoms. The molecule has 0 fully saturated rings. The Labute approximate surface area is 157 Å². The third-order valence-corrected chi connectivity index (χ3v) is 5.06. The second kappa shape index (κ2) is 5.56. The molecule has 0 amide bonds. The minimum Gasteiger partial charge on any atom is -0.493 e. The number of cyclic esters (lactones) is 2. The molecule has 0 radical (unpaired) electrons. The maximum Gasteiger partial charge on any atom is 0.347 e. The van der Waals surface area contributed by atoms with E-state index in [2.05, 4.69) is 4.98 Å². The summed E-state index contributed by atoms with van der Waals surface area (Å²) in [7, 11) is 2.91. The standard InChI is InChI=1S/C21H13NO6/c1-26-13-7-10-11(8-14(13)27-2)19(23)18-15(9-5-3-4-6-12(9)22-18)17-16(10)20(24)28-21(17)25/h3-8,22H,1-2H3. The molecule has 0 saturated heterocycles. The minimum atomic E-state index is -0.792. The van der Waals surface area contributed by atoms with Crippen LogP contribution in [0.5, 0.6) is 11.5 Å². The van der Waals surface area contributed by atoms with Crippen molar-refractivity contribution < 1.29 is 23.8 Å². The smallest absolute Gasteiger partial charge is 0.347 e. The van der Waals surface area contributed by atoms with Gasteiger partial charge in [0.05, 0.1) is 30.9 Å². The summed E-state index contributed by atoms with van der Waals surface area (Å²) in [5.74, 6) is -0.890. The monoisotopic (exact) mass is 375 g/mol. The number of hydrogen-bond acceptors (Lipinski definition) is 6. The minimum absolute atomic E-state index is 0.0535. The molecule has 0 unspecified atom stereocenters. The predicted octanol–water partition coefficient (Wildman–Crippen LogP) is 3.16. The average Bonchev–Trinajstić information content (AvgIpc) is 3.19. The van der Waals surface area contributed by atoms with E-state index in [0.29, 0.717) is 27.8 Å². The number of carbonyl (C=O) groups excluding carboxylic acids is 2. The van der Waals surface area contributed by atoms with Crippen LogP contribution < -0.4 is 14.9 Å². The SMILES string of the molecule is COc1cc2c3c(c4c([nH]c5ccccc54)c(=O)c2cc1OC)C(=O)OC3=O. The molecule has 4 aromatic rings. The molecule has 0 bridgehead atoms. The summed E-state index contributed by atoms with van der Waals surface area (Å²) >= 11 is 0. The van der Waals surface area contributed by atoms with Gasteiger partial charge < -0.3 is 19.2 Å². The van der Waals surface area contributed by atoms with Gasteiger partial charge in [-0.2, -0.15) is 0 Å². The number of hydrogen-bond donors (Lipinski definition) is 1. The largest absolute Gasteiger partial charge is 0.493 e. The first-order valence-electron chi connectivity index (χ1n) is 8.48. The average molecular weight is 375 g/mol. The van der Waals surface area contributed by atoms with Crippen molar-refractivity contribution in [2.75, 3.05) is 14.2 Å². The van der Waals surface area contributed by atoms with E-state index in [1.54, 1.807) is 18.2 Å². The topological polar surface area (TPSA) is 94.7 Å². The molecular formula is C21H13NO6. The van der Waals surface area contributed by atoms with Gasteiger partial charge in [-0.1, -0.05) is 18.2 Å². The van der Waals surface area contributed by atoms with Crippen LogP contribution in [0, 0.1) is 0 Å². The van der Waals surface area contributed by atoms with Gasteiger partial charge in [0.25, 0.3) is 0 Å². The van der Waals surface area contributed by atoms with E-state index >= 15 is 0 Å². The van der Waals surface area contributed by atoms with Crippen molar-refractivity contribution in [2.24, 2.45) is 0 Å². The zero-order valence-electron chi connectivity index (χ0n) is 14.9. The number of para-hydroxylation sites is 1. The Balaban J connectivity index is 2.17. The third-order valence-electron chi connectivity index (χ3n) is 5.06. The second-order valence-corrected chi connectivity index (χ2v) is 6.43. The van der Waals surface area contributed by atoms with Gasteiger partial charge in [-0.25, -0.2) is 9.59 Å². The van der Waals surface area contributed by atoms with E-state index in [9.17, 15) is 14.4 Å². The number of esters is 2. The van der Waals surface area contributed by atoms with Crippen molar-refractivity contribution in [3.63, 3.8) is 0 Å². The molecule has 0 atom stereocenters. The highest BCUT2D eigenvalue weighted by Crippen LogP contribution is 2.38. The number of fused-ring (bicyclic) bond motifs is 7. The van der Waals surface area contributed by atoms with Gasteiger partial charge in [0.15, 0.2) is 11.5 Å². The summed E-state index contributed by atoms with van der Waals surface area (Å²) in [4.78, 5) is 41.6. The van der Waals surface area contributed by atoms with E-state index in [0.717, 1.165) is 0 Å². The molecule has 1 aliphatic heterocycles. The number of carbonyl (C=O) groups is 2. The van der Waals surface area contributed by atoms with Crippen LogP contribution in [0.1, 0.15) is 20.7 Å². The highest BCUT2D eigenvalue weighted by molar-refractivity contribution is 6.29. The Morgan fingerprint density at radius 3 is 2.18 bits per heavy atom. The van der Waals surface area contributed by atoms with Crippen LogP contribution in [0.25, 0.3) is 32.6 Å². The summed E-state index contributed by atoms with van der Waals surface area (Å²) in [5, 5.41) is 1.54. The lowest BCUT2D eigenvalue weighted by Gasteiger charge is -2.08. The van der Waals surface area contributed by atoms with Gasteiger partial charge in [-0.3, -0.25) is 4.79 Å². The second-order valence-electron chi connectivity index (χ2n) is 6.43. The van der Waals surface area contributed by atoms with Gasteiger partial charge in [0.1, 0.15) is 0 Å². The summed E-state index contributed by atoms with van der Waals surface area (Å²) in [6.07, 6.45) is 0. The van der Waals surface area contributed by atoms with Crippen molar-refractivity contribution in [1.29, 1.82) is 0 Å². The number of ether oxygens (including phenoxy) is 3. The van der Waals surface area contributed by atoms with E-state index in [1.165, 1.54) is 26.4 Å². The molecule has 1 aromatic heterocycles. The van der Waals surface area contributed by atoms with Gasteiger partial charge in [-0.05, 0) is 18.2 Å². The van der Waals surface area contributed by atoms with Crippen molar-refractivity contribution in [3.8, 4) is 11.5 Å². The molecule has 28 heavy (non-hydrogen) atoms. The van der Waals surface area contributed by atoms with Crippen LogP contribution in [0.2, 0.25) is 0 Å². The summed E-state index contributed by atoms with van der Waals surface area (Å²) in [6.45, 7) is 0. The van der Waals surface area contributed by atoms with Crippen LogP contribution in [0.4, 0.5) is 0 Å². The van der Waals surface area contributed by atoms with Crippen molar-refractivity contribution in [1.82, 2.24) is 4.98 Å². The quantitative estimate of drug-likeness (QED) is 0.427. The Morgan fingerprint density at radius 1 is 0.821 bits per heavy atom. The fourth-order valence-electron chi connectivity index (χ4n) is 3.84. The van der Waals surface area contributed by atoms with Gasteiger partial charge in [0, 0.05) is 27.1 Å². The number of aromatic amines is 1. The van der Waals surface area contributed by atoms with Crippen molar-refractivity contribution in [3.05, 3.63) is 57.7 Å². The Morgan fingerprint density at radius 2 is 1.46 bits per heavy atom. The fourth-order valence-corrected chi connectivity index (χ4v) is 3.84. The highest BCUT2D eigenvalue weighted by atomic mass is 16.6. The molecule has 1 N–H and O–H groups in total. The molecule has 0 aliphatic carbocycles. The summed E-state index contributed by atoms with van der Waals surface area (Å²) in [6, 6.07) is 10.2. The third kappa shape index (κ3) is 1.95. The van der Waals surface area contributed by atoms with E-state index in [4.69, 9.17) is 14.2 Å². The maximum atomic E-state index is 13.4. The van der Waals surface area contributed by atoms with Crippen LogP contribution in [-0.4, -0.2) is 31.1 Å². The number of aromatic nitrogens is 1. The molecule has 1 aliphatic rings. The van der Waals surface area contributed by atoms with Gasteiger partial charge in [0.2, 0.25) is 5.43 Å². The molecule has 138 valence electrons. The van der Waals surface area contributed by atoms with Crippen LogP contribution >= 0.6 is 0 Å². The van der Waals surface area contributed by atoms with Crippen LogP contribution in [0.3, 0.4) is 0 Å². The lowest BCUT2D eigenvalue weighted by Crippen LogP contribution is -2.03. The first-order valence-corrected chi connectivity index (χ1v) is 8.48. The highest BCUT2D eigenvalue weighted by Gasteiger charge is 2.35. The Hall–Kier alpha value is -3.87. The van der Waals surface area contributed by atoms with Gasteiger partial charge >= 0.3 is 11.9 Å². The predicted molar refractivity (Wildman–Crippen MR) is 102 cm³/mol. The normalized spacial score (nSPS) is 13.2. The number of benzene rings is 2. The number of H-pyrrole nitrogens is 1. The summed E-state index contributed by atoms with van der Waals surface area (Å²) in [5.41, 5.74) is 0.696. The molecular weight excluding hydrogens is 362 g/mol. The van der Waals surface area contributed by atoms with Gasteiger partial charge in [-0.15, -0.1) is 0 Å². The summed E-state index contributed by atoms with van der Waals surface area (Å²) < 4.78 is 15.5. The molecule has 0 saturated carbocycles. The lowest BCUT2D eigenvalue weighted by molar-refractivity contribution is 0.0445. The first-order chi connectivity index (χ1) is 13.5. The molecule has 5 rings (SSSR count). The zero-order chi connectivity index (χ0) is 19.6.